The molecule has 1 aliphatic heterocycles. The molecule has 0 bridgehead atoms. The van der Waals surface area contributed by atoms with Crippen molar-refractivity contribution < 1.29 is 9.59 Å². The lowest BCUT2D eigenvalue weighted by Crippen LogP contribution is -2.37. The molecule has 0 aromatic carbocycles. The standard InChI is InChI=1S/C21H41N3O2/c1-2-3-4-5-6-7-8-9-10-11-12-13-14-15-16-24-18-19(17-20(24)25)21(26)23-22/h19H,2-18,22H2,1H3,(H,23,26). The molecule has 26 heavy (non-hydrogen) atoms. The Labute approximate surface area is 160 Å². The van der Waals surface area contributed by atoms with Crippen molar-refractivity contribution in [3.63, 3.8) is 0 Å². The van der Waals surface area contributed by atoms with E-state index in [1.807, 2.05) is 4.90 Å². The van der Waals surface area contributed by atoms with Crippen molar-refractivity contribution in [2.45, 2.75) is 103 Å². The summed E-state index contributed by atoms with van der Waals surface area (Å²) in [6, 6.07) is 0. The normalized spacial score (nSPS) is 17.1. The zero-order chi connectivity index (χ0) is 19.0. The van der Waals surface area contributed by atoms with Gasteiger partial charge in [-0.15, -0.1) is 0 Å². The van der Waals surface area contributed by atoms with E-state index in [4.69, 9.17) is 5.84 Å². The summed E-state index contributed by atoms with van der Waals surface area (Å²) in [5.74, 6) is 4.75. The van der Waals surface area contributed by atoms with Gasteiger partial charge in [-0.05, 0) is 6.42 Å². The maximum absolute atomic E-state index is 11.9. The Morgan fingerprint density at radius 3 is 1.85 bits per heavy atom. The molecule has 0 spiro atoms. The van der Waals surface area contributed by atoms with E-state index in [1.54, 1.807) is 0 Å². The molecular weight excluding hydrogens is 326 g/mol. The van der Waals surface area contributed by atoms with Crippen LogP contribution in [0.3, 0.4) is 0 Å². The molecule has 1 saturated heterocycles. The number of carbonyl (C=O) groups is 2. The quantitative estimate of drug-likeness (QED) is 0.185. The van der Waals surface area contributed by atoms with Crippen LogP contribution in [0.2, 0.25) is 0 Å². The van der Waals surface area contributed by atoms with Crippen LogP contribution in [0.15, 0.2) is 0 Å². The highest BCUT2D eigenvalue weighted by Crippen LogP contribution is 2.19. The SMILES string of the molecule is CCCCCCCCCCCCCCCCN1CC(C(=O)NN)CC1=O. The number of nitrogens with two attached hydrogens (primary N) is 1. The summed E-state index contributed by atoms with van der Waals surface area (Å²) in [5, 5.41) is 0. The average molecular weight is 368 g/mol. The van der Waals surface area contributed by atoms with E-state index in [-0.39, 0.29) is 17.7 Å². The molecule has 1 unspecified atom stereocenters. The molecular formula is C21H41N3O2. The van der Waals surface area contributed by atoms with Crippen molar-refractivity contribution in [2.75, 3.05) is 13.1 Å². The van der Waals surface area contributed by atoms with Gasteiger partial charge in [0.2, 0.25) is 11.8 Å². The summed E-state index contributed by atoms with van der Waals surface area (Å²) < 4.78 is 0. The molecule has 0 aromatic rings. The number of amides is 2. The molecule has 0 aromatic heterocycles. The zero-order valence-electron chi connectivity index (χ0n) is 16.9. The Kier molecular flexibility index (Phi) is 13.2. The van der Waals surface area contributed by atoms with E-state index in [9.17, 15) is 9.59 Å². The number of likely N-dealkylation sites (tertiary alicyclic amines) is 1. The summed E-state index contributed by atoms with van der Waals surface area (Å²) in [6.07, 6.45) is 19.0. The van der Waals surface area contributed by atoms with Gasteiger partial charge in [-0.25, -0.2) is 5.84 Å². The summed E-state index contributed by atoms with van der Waals surface area (Å²) in [4.78, 5) is 25.2. The minimum Gasteiger partial charge on any atom is -0.342 e. The first-order valence-electron chi connectivity index (χ1n) is 11.0. The number of rotatable bonds is 16. The van der Waals surface area contributed by atoms with Crippen LogP contribution >= 0.6 is 0 Å². The molecule has 1 atom stereocenters. The van der Waals surface area contributed by atoms with Crippen LogP contribution in [0.4, 0.5) is 0 Å². The number of hydrogen-bond acceptors (Lipinski definition) is 3. The van der Waals surface area contributed by atoms with Crippen LogP contribution in [0.25, 0.3) is 0 Å². The fourth-order valence-electron chi connectivity index (χ4n) is 3.78. The average Bonchev–Trinajstić information content (AvgIpc) is 3.02. The van der Waals surface area contributed by atoms with Crippen LogP contribution in [0, 0.1) is 5.92 Å². The van der Waals surface area contributed by atoms with Crippen LogP contribution in [0.5, 0.6) is 0 Å². The van der Waals surface area contributed by atoms with E-state index in [1.165, 1.54) is 83.5 Å². The highest BCUT2D eigenvalue weighted by molar-refractivity contribution is 5.88. The van der Waals surface area contributed by atoms with Crippen molar-refractivity contribution in [1.82, 2.24) is 10.3 Å². The smallest absolute Gasteiger partial charge is 0.239 e. The van der Waals surface area contributed by atoms with Crippen LogP contribution in [-0.4, -0.2) is 29.8 Å². The second-order valence-electron chi connectivity index (χ2n) is 7.85. The fourth-order valence-corrected chi connectivity index (χ4v) is 3.78. The summed E-state index contributed by atoms with van der Waals surface area (Å²) >= 11 is 0. The molecule has 1 rings (SSSR count). The maximum Gasteiger partial charge on any atom is 0.239 e. The van der Waals surface area contributed by atoms with Gasteiger partial charge in [0.1, 0.15) is 0 Å². The lowest BCUT2D eigenvalue weighted by Gasteiger charge is -2.16. The predicted octanol–water partition coefficient (Wildman–Crippen LogP) is 4.31. The fraction of sp³-hybridized carbons (Fsp3) is 0.905. The monoisotopic (exact) mass is 367 g/mol. The highest BCUT2D eigenvalue weighted by atomic mass is 16.2. The zero-order valence-corrected chi connectivity index (χ0v) is 16.9. The molecule has 1 heterocycles. The van der Waals surface area contributed by atoms with E-state index >= 15 is 0 Å². The topological polar surface area (TPSA) is 75.4 Å². The molecule has 0 aliphatic carbocycles. The van der Waals surface area contributed by atoms with Crippen molar-refractivity contribution in [1.29, 1.82) is 0 Å². The van der Waals surface area contributed by atoms with Crippen molar-refractivity contribution >= 4 is 11.8 Å². The third-order valence-corrected chi connectivity index (χ3v) is 5.51. The van der Waals surface area contributed by atoms with Gasteiger partial charge in [-0.3, -0.25) is 15.0 Å². The number of hydrazine groups is 1. The molecule has 3 N–H and O–H groups in total. The van der Waals surface area contributed by atoms with Gasteiger partial charge < -0.3 is 4.90 Å². The molecule has 0 radical (unpaired) electrons. The van der Waals surface area contributed by atoms with Crippen molar-refractivity contribution in [2.24, 2.45) is 11.8 Å². The van der Waals surface area contributed by atoms with E-state index in [0.717, 1.165) is 13.0 Å². The Morgan fingerprint density at radius 1 is 0.923 bits per heavy atom. The van der Waals surface area contributed by atoms with Gasteiger partial charge in [0, 0.05) is 19.5 Å². The lowest BCUT2D eigenvalue weighted by molar-refractivity contribution is -0.129. The van der Waals surface area contributed by atoms with Gasteiger partial charge in [-0.2, -0.15) is 0 Å². The lowest BCUT2D eigenvalue weighted by atomic mass is 10.0. The Balaban J connectivity index is 1.85. The second kappa shape index (κ2) is 15.0. The molecule has 1 aliphatic rings. The van der Waals surface area contributed by atoms with Crippen LogP contribution < -0.4 is 11.3 Å². The third kappa shape index (κ3) is 10.1. The molecule has 152 valence electrons. The number of nitrogens with one attached hydrogen (secondary N) is 1. The second-order valence-corrected chi connectivity index (χ2v) is 7.85. The van der Waals surface area contributed by atoms with Crippen molar-refractivity contribution in [3.05, 3.63) is 0 Å². The predicted molar refractivity (Wildman–Crippen MR) is 107 cm³/mol. The largest absolute Gasteiger partial charge is 0.342 e. The van der Waals surface area contributed by atoms with Crippen LogP contribution in [-0.2, 0) is 9.59 Å². The first-order valence-corrected chi connectivity index (χ1v) is 11.0. The number of nitrogens with zero attached hydrogens (tertiary/aromatic N) is 1. The Bertz CT molecular complexity index is 387. The summed E-state index contributed by atoms with van der Waals surface area (Å²) in [5.41, 5.74) is 2.15. The minimum absolute atomic E-state index is 0.0910. The van der Waals surface area contributed by atoms with Crippen molar-refractivity contribution in [3.8, 4) is 0 Å². The summed E-state index contributed by atoms with van der Waals surface area (Å²) in [7, 11) is 0. The number of carbonyl (C=O) groups excluding carboxylic acids is 2. The van der Waals surface area contributed by atoms with Crippen LogP contribution in [0.1, 0.15) is 103 Å². The molecule has 2 amide bonds. The molecule has 5 heteroatoms. The maximum atomic E-state index is 11.9. The summed E-state index contributed by atoms with van der Waals surface area (Å²) in [6.45, 7) is 3.58. The van der Waals surface area contributed by atoms with Gasteiger partial charge in [0.05, 0.1) is 5.92 Å². The van der Waals surface area contributed by atoms with Gasteiger partial charge in [0.15, 0.2) is 0 Å². The van der Waals surface area contributed by atoms with E-state index in [2.05, 4.69) is 12.3 Å². The van der Waals surface area contributed by atoms with Gasteiger partial charge in [0.25, 0.3) is 0 Å². The highest BCUT2D eigenvalue weighted by Gasteiger charge is 2.33. The van der Waals surface area contributed by atoms with Gasteiger partial charge >= 0.3 is 0 Å². The Hall–Kier alpha value is -1.10. The number of unbranched alkanes of at least 4 members (excludes halogenated alkanes) is 13. The van der Waals surface area contributed by atoms with Gasteiger partial charge in [-0.1, -0.05) is 90.4 Å². The first-order chi connectivity index (χ1) is 12.7. The number of hydrogen-bond donors (Lipinski definition) is 2. The Morgan fingerprint density at radius 2 is 1.38 bits per heavy atom. The van der Waals surface area contributed by atoms with E-state index < -0.39 is 0 Å². The molecule has 1 fully saturated rings. The molecule has 5 nitrogen and oxygen atoms in total. The minimum atomic E-state index is -0.265. The first kappa shape index (κ1) is 22.9. The third-order valence-electron chi connectivity index (χ3n) is 5.51. The molecule has 0 saturated carbocycles. The van der Waals surface area contributed by atoms with E-state index in [0.29, 0.717) is 13.0 Å².